The topological polar surface area (TPSA) is 56.2 Å². The number of ketones is 1. The third-order valence-corrected chi connectivity index (χ3v) is 1.59. The van der Waals surface area contributed by atoms with E-state index in [4.69, 9.17) is 10.2 Å². The molecule has 1 aromatic heterocycles. The van der Waals surface area contributed by atoms with Gasteiger partial charge in [0.1, 0.15) is 11.5 Å². The van der Waals surface area contributed by atoms with Gasteiger partial charge < -0.3 is 10.2 Å². The highest BCUT2D eigenvalue weighted by Crippen LogP contribution is 2.04. The minimum absolute atomic E-state index is 0.117. The molecule has 0 bridgehead atoms. The molecule has 66 valence electrons. The number of carbonyl (C=O) groups is 1. The van der Waals surface area contributed by atoms with E-state index >= 15 is 0 Å². The highest BCUT2D eigenvalue weighted by molar-refractivity contribution is 5.76. The fourth-order valence-electron chi connectivity index (χ4n) is 1.13. The van der Waals surface area contributed by atoms with Crippen LogP contribution in [0.5, 0.6) is 0 Å². The Morgan fingerprint density at radius 3 is 3.00 bits per heavy atom. The molecule has 0 aliphatic carbocycles. The van der Waals surface area contributed by atoms with Crippen LogP contribution in [0.3, 0.4) is 0 Å². The van der Waals surface area contributed by atoms with Gasteiger partial charge in [0.2, 0.25) is 0 Å². The Labute approximate surface area is 71.6 Å². The van der Waals surface area contributed by atoms with Crippen LogP contribution in [0, 0.1) is 0 Å². The summed E-state index contributed by atoms with van der Waals surface area (Å²) >= 11 is 0. The van der Waals surface area contributed by atoms with Crippen molar-refractivity contribution in [2.24, 2.45) is 5.73 Å². The molecule has 1 atom stereocenters. The molecule has 12 heavy (non-hydrogen) atoms. The molecule has 0 unspecified atom stereocenters. The Hall–Kier alpha value is -1.09. The predicted molar refractivity (Wildman–Crippen MR) is 45.7 cm³/mol. The highest BCUT2D eigenvalue weighted by atomic mass is 16.3. The molecular formula is C9H13NO2. The van der Waals surface area contributed by atoms with Crippen LogP contribution in [0.1, 0.15) is 19.1 Å². The summed E-state index contributed by atoms with van der Waals surface area (Å²) in [6, 6.07) is 3.56. The van der Waals surface area contributed by atoms with Crippen molar-refractivity contribution in [3.8, 4) is 0 Å². The minimum atomic E-state index is -0.117. The number of rotatable bonds is 4. The molecule has 3 nitrogen and oxygen atoms in total. The van der Waals surface area contributed by atoms with Crippen LogP contribution in [0.15, 0.2) is 22.8 Å². The second-order valence-corrected chi connectivity index (χ2v) is 2.95. The maximum Gasteiger partial charge on any atom is 0.131 e. The van der Waals surface area contributed by atoms with Crippen LogP contribution >= 0.6 is 0 Å². The largest absolute Gasteiger partial charge is 0.469 e. The fourth-order valence-corrected chi connectivity index (χ4v) is 1.13. The van der Waals surface area contributed by atoms with E-state index in [1.807, 2.05) is 12.1 Å². The van der Waals surface area contributed by atoms with E-state index in [1.165, 1.54) is 0 Å². The summed E-state index contributed by atoms with van der Waals surface area (Å²) in [5.41, 5.74) is 5.68. The number of nitrogens with two attached hydrogens (primary N) is 1. The van der Waals surface area contributed by atoms with Gasteiger partial charge in [-0.2, -0.15) is 0 Å². The van der Waals surface area contributed by atoms with Gasteiger partial charge in [0, 0.05) is 18.9 Å². The van der Waals surface area contributed by atoms with Gasteiger partial charge in [0.25, 0.3) is 0 Å². The first kappa shape index (κ1) is 9.00. The summed E-state index contributed by atoms with van der Waals surface area (Å²) in [7, 11) is 0. The van der Waals surface area contributed by atoms with Gasteiger partial charge in [-0.1, -0.05) is 0 Å². The lowest BCUT2D eigenvalue weighted by atomic mass is 10.1. The zero-order chi connectivity index (χ0) is 8.97. The van der Waals surface area contributed by atoms with Crippen molar-refractivity contribution in [1.29, 1.82) is 0 Å². The smallest absolute Gasteiger partial charge is 0.131 e. The average Bonchev–Trinajstić information content (AvgIpc) is 2.37. The lowest BCUT2D eigenvalue weighted by Crippen LogP contribution is -2.25. The van der Waals surface area contributed by atoms with Crippen molar-refractivity contribution >= 4 is 5.78 Å². The van der Waals surface area contributed by atoms with E-state index in [2.05, 4.69) is 0 Å². The lowest BCUT2D eigenvalue weighted by Gasteiger charge is -2.05. The van der Waals surface area contributed by atoms with Gasteiger partial charge >= 0.3 is 0 Å². The number of carbonyl (C=O) groups excluding carboxylic acids is 1. The summed E-state index contributed by atoms with van der Waals surface area (Å²) in [5.74, 6) is 0.956. The van der Waals surface area contributed by atoms with Crippen LogP contribution in [0.2, 0.25) is 0 Å². The van der Waals surface area contributed by atoms with E-state index < -0.39 is 0 Å². The Morgan fingerprint density at radius 2 is 2.50 bits per heavy atom. The molecule has 2 N–H and O–H groups in total. The van der Waals surface area contributed by atoms with Gasteiger partial charge in [-0.3, -0.25) is 4.79 Å². The molecule has 0 fully saturated rings. The van der Waals surface area contributed by atoms with Crippen LogP contribution in [-0.2, 0) is 11.2 Å². The molecule has 0 amide bonds. The quantitative estimate of drug-likeness (QED) is 0.731. The van der Waals surface area contributed by atoms with Crippen LogP contribution in [0.4, 0.5) is 0 Å². The van der Waals surface area contributed by atoms with Gasteiger partial charge in [-0.15, -0.1) is 0 Å². The van der Waals surface area contributed by atoms with Gasteiger partial charge in [0.15, 0.2) is 0 Å². The van der Waals surface area contributed by atoms with Gasteiger partial charge in [-0.05, 0) is 19.1 Å². The van der Waals surface area contributed by atoms with E-state index in [0.29, 0.717) is 12.8 Å². The number of Topliss-reactive ketones (excluding diaryl/α,β-unsaturated/α-hetero) is 1. The Kier molecular flexibility index (Phi) is 3.05. The van der Waals surface area contributed by atoms with Crippen LogP contribution < -0.4 is 5.73 Å². The highest BCUT2D eigenvalue weighted by Gasteiger charge is 2.07. The summed E-state index contributed by atoms with van der Waals surface area (Å²) in [4.78, 5) is 10.7. The molecule has 0 radical (unpaired) electrons. The number of hydrogen-bond donors (Lipinski definition) is 1. The minimum Gasteiger partial charge on any atom is -0.469 e. The molecule has 0 aromatic carbocycles. The molecule has 0 aliphatic rings. The molecule has 3 heteroatoms. The molecule has 0 aliphatic heterocycles. The average molecular weight is 167 g/mol. The summed E-state index contributed by atoms with van der Waals surface area (Å²) in [6.07, 6.45) is 2.66. The van der Waals surface area contributed by atoms with E-state index in [0.717, 1.165) is 5.76 Å². The number of hydrogen-bond acceptors (Lipinski definition) is 3. The molecule has 1 heterocycles. The normalized spacial score (nSPS) is 12.8. The molecule has 0 spiro atoms. The first-order valence-corrected chi connectivity index (χ1v) is 3.96. The monoisotopic (exact) mass is 167 g/mol. The maximum absolute atomic E-state index is 10.7. The van der Waals surface area contributed by atoms with Crippen molar-refractivity contribution in [3.63, 3.8) is 0 Å². The predicted octanol–water partition coefficient (Wildman–Crippen LogP) is 1.13. The molecule has 0 saturated carbocycles. The van der Waals surface area contributed by atoms with E-state index in [-0.39, 0.29) is 11.8 Å². The van der Waals surface area contributed by atoms with Crippen molar-refractivity contribution in [1.82, 2.24) is 0 Å². The van der Waals surface area contributed by atoms with Crippen LogP contribution in [-0.4, -0.2) is 11.8 Å². The third-order valence-electron chi connectivity index (χ3n) is 1.59. The molecular weight excluding hydrogens is 154 g/mol. The van der Waals surface area contributed by atoms with Crippen molar-refractivity contribution in [2.75, 3.05) is 0 Å². The zero-order valence-electron chi connectivity index (χ0n) is 7.12. The Morgan fingerprint density at radius 1 is 1.75 bits per heavy atom. The SMILES string of the molecule is CC(=O)C[C@@H](N)Cc1ccco1. The molecule has 1 aromatic rings. The summed E-state index contributed by atoms with van der Waals surface area (Å²) < 4.78 is 5.09. The van der Waals surface area contributed by atoms with Crippen molar-refractivity contribution in [3.05, 3.63) is 24.2 Å². The fraction of sp³-hybridized carbons (Fsp3) is 0.444. The zero-order valence-corrected chi connectivity index (χ0v) is 7.12. The van der Waals surface area contributed by atoms with Crippen molar-refractivity contribution in [2.45, 2.75) is 25.8 Å². The molecule has 0 saturated heterocycles. The Bertz CT molecular complexity index is 241. The first-order chi connectivity index (χ1) is 5.68. The standard InChI is InChI=1S/C9H13NO2/c1-7(11)5-8(10)6-9-3-2-4-12-9/h2-4,8H,5-6,10H2,1H3/t8-/m1/s1. The molecule has 1 rings (SSSR count). The third kappa shape index (κ3) is 2.88. The maximum atomic E-state index is 10.7. The van der Waals surface area contributed by atoms with E-state index in [9.17, 15) is 4.79 Å². The number of furan rings is 1. The van der Waals surface area contributed by atoms with Gasteiger partial charge in [0.05, 0.1) is 6.26 Å². The second-order valence-electron chi connectivity index (χ2n) is 2.95. The Balaban J connectivity index is 2.36. The van der Waals surface area contributed by atoms with E-state index in [1.54, 1.807) is 13.2 Å². The summed E-state index contributed by atoms with van der Waals surface area (Å²) in [6.45, 7) is 1.54. The lowest BCUT2D eigenvalue weighted by molar-refractivity contribution is -0.117. The van der Waals surface area contributed by atoms with Gasteiger partial charge in [-0.25, -0.2) is 0 Å². The van der Waals surface area contributed by atoms with Crippen molar-refractivity contribution < 1.29 is 9.21 Å². The summed E-state index contributed by atoms with van der Waals surface area (Å²) in [5, 5.41) is 0. The first-order valence-electron chi connectivity index (χ1n) is 3.96. The van der Waals surface area contributed by atoms with Crippen LogP contribution in [0.25, 0.3) is 0 Å². The second kappa shape index (κ2) is 4.07.